The molecule has 3 nitrogen and oxygen atoms in total. The maximum Gasteiger partial charge on any atom is 0.433 e. The molecule has 0 saturated carbocycles. The van der Waals surface area contributed by atoms with Gasteiger partial charge in [-0.1, -0.05) is 6.07 Å². The first-order valence-electron chi connectivity index (χ1n) is 5.05. The molecule has 0 bridgehead atoms. The second kappa shape index (κ2) is 4.31. The highest BCUT2D eigenvalue weighted by Crippen LogP contribution is 2.34. The third-order valence-electron chi connectivity index (χ3n) is 2.44. The molecule has 8 heteroatoms. The van der Waals surface area contributed by atoms with Crippen molar-refractivity contribution >= 4 is 32.9 Å². The average molecular weight is 347 g/mol. The number of hydrogen-bond donors (Lipinski definition) is 0. The van der Waals surface area contributed by atoms with Crippen LogP contribution < -0.4 is 0 Å². The van der Waals surface area contributed by atoms with Gasteiger partial charge in [-0.2, -0.15) is 18.3 Å². The van der Waals surface area contributed by atoms with Gasteiger partial charge in [-0.3, -0.25) is 0 Å². The van der Waals surface area contributed by atoms with Gasteiger partial charge in [0, 0.05) is 0 Å². The summed E-state index contributed by atoms with van der Waals surface area (Å²) in [6, 6.07) is 4.47. The van der Waals surface area contributed by atoms with Gasteiger partial charge in [-0.25, -0.2) is 9.50 Å². The van der Waals surface area contributed by atoms with Gasteiger partial charge in [0.25, 0.3) is 0 Å². The third kappa shape index (κ3) is 2.14. The Morgan fingerprint density at radius 2 is 2.16 bits per heavy atom. The Kier molecular flexibility index (Phi) is 2.86. The summed E-state index contributed by atoms with van der Waals surface area (Å²) in [5.41, 5.74) is -0.509. The van der Waals surface area contributed by atoms with Gasteiger partial charge in [0.15, 0.2) is 11.3 Å². The molecule has 19 heavy (non-hydrogen) atoms. The number of rotatable bonds is 1. The van der Waals surface area contributed by atoms with Crippen molar-refractivity contribution in [3.63, 3.8) is 0 Å². The van der Waals surface area contributed by atoms with Crippen LogP contribution in [-0.2, 0) is 6.18 Å². The zero-order chi connectivity index (χ0) is 13.6. The molecule has 0 fully saturated rings. The molecule has 0 unspecified atom stereocenters. The smallest absolute Gasteiger partial charge is 0.226 e. The normalized spacial score (nSPS) is 12.2. The molecule has 97 valence electrons. The SMILES string of the molecule is FC(F)(F)c1cc(-c2cccs2)nc2c(Br)[c]nn12. The van der Waals surface area contributed by atoms with Crippen molar-refractivity contribution in [1.29, 1.82) is 0 Å². The predicted octanol–water partition coefficient (Wildman–Crippen LogP) is 4.04. The van der Waals surface area contributed by atoms with E-state index < -0.39 is 11.9 Å². The monoisotopic (exact) mass is 346 g/mol. The summed E-state index contributed by atoms with van der Waals surface area (Å²) >= 11 is 4.43. The summed E-state index contributed by atoms with van der Waals surface area (Å²) in [4.78, 5) is 4.85. The molecule has 0 aliphatic heterocycles. The van der Waals surface area contributed by atoms with E-state index in [0.29, 0.717) is 9.35 Å². The van der Waals surface area contributed by atoms with Gasteiger partial charge in [0.1, 0.15) is 6.20 Å². The van der Waals surface area contributed by atoms with E-state index in [1.54, 1.807) is 17.5 Å². The van der Waals surface area contributed by atoms with E-state index in [0.717, 1.165) is 10.6 Å². The van der Waals surface area contributed by atoms with E-state index in [2.05, 4.69) is 32.2 Å². The Labute approximate surface area is 117 Å². The van der Waals surface area contributed by atoms with E-state index in [9.17, 15) is 13.2 Å². The highest BCUT2D eigenvalue weighted by Gasteiger charge is 2.35. The van der Waals surface area contributed by atoms with Gasteiger partial charge >= 0.3 is 6.18 Å². The summed E-state index contributed by atoms with van der Waals surface area (Å²) < 4.78 is 40.1. The minimum Gasteiger partial charge on any atom is -0.226 e. The van der Waals surface area contributed by atoms with Crippen LogP contribution in [-0.4, -0.2) is 14.6 Å². The van der Waals surface area contributed by atoms with Gasteiger partial charge in [-0.15, -0.1) is 11.3 Å². The first-order chi connectivity index (χ1) is 8.97. The number of hydrogen-bond acceptors (Lipinski definition) is 3. The molecule has 0 amide bonds. The average Bonchev–Trinajstić information content (AvgIpc) is 2.97. The molecule has 3 aromatic heterocycles. The zero-order valence-corrected chi connectivity index (χ0v) is 11.5. The summed E-state index contributed by atoms with van der Waals surface area (Å²) in [6.07, 6.45) is -2.08. The molecule has 0 aliphatic rings. The molecule has 0 atom stereocenters. The topological polar surface area (TPSA) is 30.2 Å². The Morgan fingerprint density at radius 3 is 2.79 bits per heavy atom. The van der Waals surface area contributed by atoms with E-state index in [4.69, 9.17) is 0 Å². The summed E-state index contributed by atoms with van der Waals surface area (Å²) in [5.74, 6) is 0. The Hall–Kier alpha value is -1.41. The van der Waals surface area contributed by atoms with Gasteiger partial charge in [0.2, 0.25) is 0 Å². The van der Waals surface area contributed by atoms with Crippen molar-refractivity contribution in [2.24, 2.45) is 0 Å². The lowest BCUT2D eigenvalue weighted by molar-refractivity contribution is -0.142. The number of aromatic nitrogens is 3. The Bertz CT molecular complexity index is 734. The standard InChI is InChI=1S/C11H4BrF3N3S/c12-6-5-16-18-9(11(13,14)15)4-7(17-10(6)18)8-2-1-3-19-8/h1-4H. The maximum atomic E-state index is 13.0. The van der Waals surface area contributed by atoms with E-state index >= 15 is 0 Å². The highest BCUT2D eigenvalue weighted by molar-refractivity contribution is 9.10. The summed E-state index contributed by atoms with van der Waals surface area (Å²) in [6.45, 7) is 0. The van der Waals surface area contributed by atoms with Crippen LogP contribution in [0, 0.1) is 6.20 Å². The van der Waals surface area contributed by atoms with Crippen LogP contribution in [0.25, 0.3) is 16.2 Å². The van der Waals surface area contributed by atoms with Gasteiger partial charge in [0.05, 0.1) is 15.0 Å². The molecule has 0 spiro atoms. The van der Waals surface area contributed by atoms with E-state index in [1.165, 1.54) is 11.3 Å². The minimum absolute atomic E-state index is 0.0956. The fourth-order valence-electron chi connectivity index (χ4n) is 1.64. The van der Waals surface area contributed by atoms with Crippen LogP contribution >= 0.6 is 27.3 Å². The summed E-state index contributed by atoms with van der Waals surface area (Å²) in [7, 11) is 0. The molecule has 1 radical (unpaired) electrons. The van der Waals surface area contributed by atoms with Crippen molar-refractivity contribution in [2.45, 2.75) is 6.18 Å². The third-order valence-corrected chi connectivity index (χ3v) is 3.86. The Balaban J connectivity index is 2.35. The summed E-state index contributed by atoms with van der Waals surface area (Å²) in [5, 5.41) is 5.36. The lowest BCUT2D eigenvalue weighted by Crippen LogP contribution is -2.13. The first kappa shape index (κ1) is 12.6. The molecule has 0 N–H and O–H groups in total. The number of nitrogens with zero attached hydrogens (tertiary/aromatic N) is 3. The predicted molar refractivity (Wildman–Crippen MR) is 67.8 cm³/mol. The lowest BCUT2D eigenvalue weighted by Gasteiger charge is -2.10. The molecule has 3 rings (SSSR count). The van der Waals surface area contributed by atoms with Crippen LogP contribution in [0.2, 0.25) is 0 Å². The minimum atomic E-state index is -4.51. The number of fused-ring (bicyclic) bond motifs is 1. The fourth-order valence-corrected chi connectivity index (χ4v) is 2.66. The van der Waals surface area contributed by atoms with Crippen molar-refractivity contribution in [3.05, 3.63) is 39.9 Å². The van der Waals surface area contributed by atoms with E-state index in [-0.39, 0.29) is 11.3 Å². The van der Waals surface area contributed by atoms with Crippen molar-refractivity contribution in [3.8, 4) is 10.6 Å². The number of thiophene rings is 1. The van der Waals surface area contributed by atoms with Crippen molar-refractivity contribution < 1.29 is 13.2 Å². The zero-order valence-electron chi connectivity index (χ0n) is 9.07. The lowest BCUT2D eigenvalue weighted by atomic mass is 10.2. The molecule has 3 aromatic rings. The molecule has 0 saturated heterocycles. The van der Waals surface area contributed by atoms with Crippen LogP contribution in [0.5, 0.6) is 0 Å². The second-order valence-electron chi connectivity index (χ2n) is 3.66. The van der Waals surface area contributed by atoms with Gasteiger partial charge < -0.3 is 0 Å². The van der Waals surface area contributed by atoms with Crippen LogP contribution in [0.15, 0.2) is 28.1 Å². The molecule has 0 aliphatic carbocycles. The number of alkyl halides is 3. The molecule has 3 heterocycles. The molecule has 0 aromatic carbocycles. The van der Waals surface area contributed by atoms with Crippen LogP contribution in [0.1, 0.15) is 5.69 Å². The van der Waals surface area contributed by atoms with Crippen LogP contribution in [0.4, 0.5) is 13.2 Å². The first-order valence-corrected chi connectivity index (χ1v) is 6.72. The van der Waals surface area contributed by atoms with Crippen molar-refractivity contribution in [2.75, 3.05) is 0 Å². The van der Waals surface area contributed by atoms with E-state index in [1.807, 2.05) is 0 Å². The maximum absolute atomic E-state index is 13.0. The highest BCUT2D eigenvalue weighted by atomic mass is 79.9. The Morgan fingerprint density at radius 1 is 1.37 bits per heavy atom. The largest absolute Gasteiger partial charge is 0.433 e. The molecular weight excluding hydrogens is 343 g/mol. The molecular formula is C11H4BrF3N3S. The quantitative estimate of drug-likeness (QED) is 0.665. The van der Waals surface area contributed by atoms with Crippen molar-refractivity contribution in [1.82, 2.24) is 14.6 Å². The second-order valence-corrected chi connectivity index (χ2v) is 5.40. The number of halogens is 4. The van der Waals surface area contributed by atoms with Gasteiger partial charge in [-0.05, 0) is 33.4 Å². The van der Waals surface area contributed by atoms with Crippen LogP contribution in [0.3, 0.4) is 0 Å². The fraction of sp³-hybridized carbons (Fsp3) is 0.0909.